The zero-order chi connectivity index (χ0) is 16.7. The molecule has 0 fully saturated rings. The van der Waals surface area contributed by atoms with E-state index in [1.54, 1.807) is 19.2 Å². The number of carboxylic acid groups (broad SMARTS) is 1. The minimum atomic E-state index is -0.925. The zero-order valence-corrected chi connectivity index (χ0v) is 13.3. The van der Waals surface area contributed by atoms with Crippen LogP contribution in [0.1, 0.15) is 22.1 Å². The first-order chi connectivity index (χ1) is 11.7. The molecule has 0 amide bonds. The largest absolute Gasteiger partial charge is 0.478 e. The highest BCUT2D eigenvalue weighted by Crippen LogP contribution is 2.35. The van der Waals surface area contributed by atoms with Gasteiger partial charge in [-0.3, -0.25) is 0 Å². The van der Waals surface area contributed by atoms with Crippen LogP contribution in [0.3, 0.4) is 0 Å². The number of carbonyl (C=O) groups is 1. The second kappa shape index (κ2) is 5.78. The number of carboxylic acids is 1. The normalized spacial score (nSPS) is 17.0. The third-order valence-electron chi connectivity index (χ3n) is 4.58. The second-order valence-electron chi connectivity index (χ2n) is 5.96. The first-order valence-electron chi connectivity index (χ1n) is 7.89. The number of nitrogens with zero attached hydrogens (tertiary/aromatic N) is 1. The lowest BCUT2D eigenvalue weighted by Crippen LogP contribution is -2.29. The molecule has 1 aromatic heterocycles. The highest BCUT2D eigenvalue weighted by Gasteiger charge is 2.22. The van der Waals surface area contributed by atoms with Crippen LogP contribution in [0.4, 0.5) is 0 Å². The predicted molar refractivity (Wildman–Crippen MR) is 92.1 cm³/mol. The van der Waals surface area contributed by atoms with Gasteiger partial charge in [0.15, 0.2) is 0 Å². The van der Waals surface area contributed by atoms with Gasteiger partial charge in [-0.2, -0.15) is 0 Å². The molecule has 122 valence electrons. The summed E-state index contributed by atoms with van der Waals surface area (Å²) in [6, 6.07) is 15.6. The minimum Gasteiger partial charge on any atom is -0.478 e. The summed E-state index contributed by atoms with van der Waals surface area (Å²) in [5.41, 5.74) is 4.56. The van der Waals surface area contributed by atoms with Gasteiger partial charge in [0.05, 0.1) is 16.8 Å². The van der Waals surface area contributed by atoms with Crippen molar-refractivity contribution in [1.82, 2.24) is 9.88 Å². The van der Waals surface area contributed by atoms with Crippen LogP contribution >= 0.6 is 0 Å². The molecule has 4 rings (SSSR count). The number of benzene rings is 2. The lowest BCUT2D eigenvalue weighted by Gasteiger charge is -2.26. The molecule has 0 aliphatic carbocycles. The first-order valence-corrected chi connectivity index (χ1v) is 7.89. The summed E-state index contributed by atoms with van der Waals surface area (Å²) in [6.07, 6.45) is -0.199. The summed E-state index contributed by atoms with van der Waals surface area (Å²) >= 11 is 0. The van der Waals surface area contributed by atoms with E-state index in [0.717, 1.165) is 28.7 Å². The molecule has 1 aliphatic rings. The smallest absolute Gasteiger partial charge is 0.335 e. The van der Waals surface area contributed by atoms with E-state index in [1.165, 1.54) is 5.56 Å². The van der Waals surface area contributed by atoms with E-state index >= 15 is 0 Å². The Morgan fingerprint density at radius 2 is 2.08 bits per heavy atom. The van der Waals surface area contributed by atoms with Crippen molar-refractivity contribution in [2.45, 2.75) is 12.8 Å². The summed E-state index contributed by atoms with van der Waals surface area (Å²) in [6.45, 7) is 1.43. The van der Waals surface area contributed by atoms with Crippen LogP contribution in [0.15, 0.2) is 48.5 Å². The van der Waals surface area contributed by atoms with Crippen LogP contribution in [0, 0.1) is 0 Å². The molecule has 1 unspecified atom stereocenters. The molecule has 2 heterocycles. The number of hydrogen-bond acceptors (Lipinski definition) is 3. The van der Waals surface area contributed by atoms with Crippen molar-refractivity contribution in [3.05, 3.63) is 59.7 Å². The Balaban J connectivity index is 2.05. The number of hydrogen-bond donors (Lipinski definition) is 2. The summed E-state index contributed by atoms with van der Waals surface area (Å²) in [5, 5.41) is 13.7. The van der Waals surface area contributed by atoms with Crippen molar-refractivity contribution >= 4 is 16.9 Å². The Morgan fingerprint density at radius 1 is 1.25 bits per heavy atom. The number of methoxy groups -OCH3 is 1. The second-order valence-corrected chi connectivity index (χ2v) is 5.96. The van der Waals surface area contributed by atoms with Gasteiger partial charge in [0.2, 0.25) is 0 Å². The van der Waals surface area contributed by atoms with E-state index in [1.807, 2.05) is 18.2 Å². The number of rotatable bonds is 2. The molecular formula is C19H18N2O3. The number of nitrogens with one attached hydrogen (secondary N) is 1. The van der Waals surface area contributed by atoms with Crippen LogP contribution in [0.2, 0.25) is 0 Å². The summed E-state index contributed by atoms with van der Waals surface area (Å²) in [7, 11) is 1.68. The van der Waals surface area contributed by atoms with Gasteiger partial charge in [0, 0.05) is 31.1 Å². The van der Waals surface area contributed by atoms with Crippen molar-refractivity contribution in [1.29, 1.82) is 0 Å². The van der Waals surface area contributed by atoms with Crippen LogP contribution in [0.5, 0.6) is 0 Å². The lowest BCUT2D eigenvalue weighted by molar-refractivity contribution is 0.0482. The Hall–Kier alpha value is -2.63. The van der Waals surface area contributed by atoms with E-state index < -0.39 is 5.97 Å². The molecule has 2 aromatic carbocycles. The van der Waals surface area contributed by atoms with Gasteiger partial charge in [0.1, 0.15) is 6.23 Å². The average Bonchev–Trinajstić information content (AvgIpc) is 2.95. The lowest BCUT2D eigenvalue weighted by atomic mass is 10.0. The monoisotopic (exact) mass is 322 g/mol. The number of ether oxygens (including phenoxy) is 1. The van der Waals surface area contributed by atoms with Gasteiger partial charge in [0.25, 0.3) is 0 Å². The molecule has 0 saturated heterocycles. The van der Waals surface area contributed by atoms with Crippen molar-refractivity contribution in [2.75, 3.05) is 13.7 Å². The van der Waals surface area contributed by atoms with Crippen LogP contribution < -0.4 is 5.32 Å². The van der Waals surface area contributed by atoms with Gasteiger partial charge in [-0.25, -0.2) is 4.79 Å². The first kappa shape index (κ1) is 14.9. The fourth-order valence-electron chi connectivity index (χ4n) is 3.41. The molecule has 0 bridgehead atoms. The number of aromatic carboxylic acids is 1. The molecule has 5 nitrogen and oxygen atoms in total. The zero-order valence-electron chi connectivity index (χ0n) is 13.3. The Bertz CT molecular complexity index is 930. The molecule has 0 radical (unpaired) electrons. The predicted octanol–water partition coefficient (Wildman–Crippen LogP) is 3.25. The minimum absolute atomic E-state index is 0.199. The van der Waals surface area contributed by atoms with Gasteiger partial charge in [-0.05, 0) is 23.8 Å². The molecule has 1 aliphatic heterocycles. The van der Waals surface area contributed by atoms with Crippen molar-refractivity contribution in [3.8, 4) is 11.3 Å². The van der Waals surface area contributed by atoms with Crippen molar-refractivity contribution in [3.63, 3.8) is 0 Å². The molecule has 3 aromatic rings. The molecule has 24 heavy (non-hydrogen) atoms. The topological polar surface area (TPSA) is 63.5 Å². The molecule has 1 atom stereocenters. The maximum Gasteiger partial charge on any atom is 0.335 e. The third-order valence-corrected chi connectivity index (χ3v) is 4.58. The maximum atomic E-state index is 11.4. The summed E-state index contributed by atoms with van der Waals surface area (Å²) < 4.78 is 7.78. The molecule has 5 heteroatoms. The summed E-state index contributed by atoms with van der Waals surface area (Å²) in [4.78, 5) is 11.4. The van der Waals surface area contributed by atoms with E-state index in [2.05, 4.69) is 28.1 Å². The molecule has 2 N–H and O–H groups in total. The van der Waals surface area contributed by atoms with Crippen LogP contribution in [-0.2, 0) is 11.3 Å². The standard InChI is InChI=1S/C19H18N2O3/c1-24-18-11-20-10-14-4-2-3-5-15(14)17-8-12-6-7-13(19(22)23)9-16(12)21(17)18/h2-9,18,20H,10-11H2,1H3,(H,22,23). The molecule has 0 saturated carbocycles. The average molecular weight is 322 g/mol. The highest BCUT2D eigenvalue weighted by atomic mass is 16.5. The van der Waals surface area contributed by atoms with Crippen LogP contribution in [0.25, 0.3) is 22.2 Å². The van der Waals surface area contributed by atoms with E-state index in [0.29, 0.717) is 6.54 Å². The molecule has 0 spiro atoms. The number of fused-ring (bicyclic) bond motifs is 5. The van der Waals surface area contributed by atoms with E-state index in [4.69, 9.17) is 4.74 Å². The Labute approximate surface area is 139 Å². The molecular weight excluding hydrogens is 304 g/mol. The highest BCUT2D eigenvalue weighted by molar-refractivity contribution is 5.95. The van der Waals surface area contributed by atoms with E-state index in [-0.39, 0.29) is 11.8 Å². The van der Waals surface area contributed by atoms with E-state index in [9.17, 15) is 9.90 Å². The fourth-order valence-corrected chi connectivity index (χ4v) is 3.41. The van der Waals surface area contributed by atoms with Gasteiger partial charge in [-0.15, -0.1) is 0 Å². The third kappa shape index (κ3) is 2.29. The SMILES string of the molecule is COC1CNCc2ccccc2-c2cc3ccc(C(=O)O)cc3n21. The van der Waals surface area contributed by atoms with Crippen LogP contribution in [-0.4, -0.2) is 29.3 Å². The van der Waals surface area contributed by atoms with Gasteiger partial charge in [-0.1, -0.05) is 30.3 Å². The van der Waals surface area contributed by atoms with Gasteiger partial charge < -0.3 is 19.7 Å². The maximum absolute atomic E-state index is 11.4. The Kier molecular flexibility index (Phi) is 3.59. The van der Waals surface area contributed by atoms with Gasteiger partial charge >= 0.3 is 5.97 Å². The van der Waals surface area contributed by atoms with Crippen molar-refractivity contribution in [2.24, 2.45) is 0 Å². The summed E-state index contributed by atoms with van der Waals surface area (Å²) in [5.74, 6) is -0.925. The number of aromatic nitrogens is 1. The fraction of sp³-hybridized carbons (Fsp3) is 0.211. The Morgan fingerprint density at radius 3 is 2.88 bits per heavy atom. The van der Waals surface area contributed by atoms with Crippen molar-refractivity contribution < 1.29 is 14.6 Å². The quantitative estimate of drug-likeness (QED) is 0.760.